The van der Waals surface area contributed by atoms with Crippen LogP contribution in [0.3, 0.4) is 0 Å². The first-order valence-electron chi connectivity index (χ1n) is 4.35. The Morgan fingerprint density at radius 3 is 3.07 bits per heavy atom. The van der Waals surface area contributed by atoms with Crippen LogP contribution in [0, 0.1) is 0 Å². The van der Waals surface area contributed by atoms with Crippen molar-refractivity contribution in [2.45, 2.75) is 12.8 Å². The van der Waals surface area contributed by atoms with Crippen LogP contribution in [0.4, 0.5) is 0 Å². The highest BCUT2D eigenvalue weighted by Gasteiger charge is 1.98. The molecular formula is C9H12N2O3. The fourth-order valence-corrected chi connectivity index (χ4v) is 0.881. The maximum Gasteiger partial charge on any atom is 0.232 e. The van der Waals surface area contributed by atoms with Gasteiger partial charge in [-0.1, -0.05) is 0 Å². The number of ether oxygens (including phenoxy) is 1. The standard InChI is InChI=1S/C9H12N2O3/c12-3-1-5-14-9-7-10-6-8(11-9)2-4-13/h4,6-7,12H,1-3,5H2. The van der Waals surface area contributed by atoms with Crippen molar-refractivity contribution in [1.29, 1.82) is 0 Å². The van der Waals surface area contributed by atoms with Gasteiger partial charge in [0.1, 0.15) is 6.29 Å². The van der Waals surface area contributed by atoms with Crippen molar-refractivity contribution in [1.82, 2.24) is 9.97 Å². The van der Waals surface area contributed by atoms with E-state index in [9.17, 15) is 4.79 Å². The number of aldehydes is 1. The molecule has 0 unspecified atom stereocenters. The maximum atomic E-state index is 10.2. The van der Waals surface area contributed by atoms with Gasteiger partial charge in [-0.05, 0) is 0 Å². The van der Waals surface area contributed by atoms with Crippen LogP contribution in [0.25, 0.3) is 0 Å². The summed E-state index contributed by atoms with van der Waals surface area (Å²) >= 11 is 0. The molecule has 1 heterocycles. The summed E-state index contributed by atoms with van der Waals surface area (Å²) in [5.74, 6) is 0.387. The van der Waals surface area contributed by atoms with Crippen LogP contribution in [-0.4, -0.2) is 34.6 Å². The van der Waals surface area contributed by atoms with E-state index in [0.29, 0.717) is 24.6 Å². The van der Waals surface area contributed by atoms with Crippen LogP contribution >= 0.6 is 0 Å². The van der Waals surface area contributed by atoms with E-state index in [1.54, 1.807) is 0 Å². The fraction of sp³-hybridized carbons (Fsp3) is 0.444. The second-order valence-electron chi connectivity index (χ2n) is 2.65. The number of aromatic nitrogens is 2. The minimum absolute atomic E-state index is 0.0848. The van der Waals surface area contributed by atoms with Gasteiger partial charge in [-0.2, -0.15) is 0 Å². The fourth-order valence-electron chi connectivity index (χ4n) is 0.881. The van der Waals surface area contributed by atoms with Crippen LogP contribution in [-0.2, 0) is 11.2 Å². The average molecular weight is 196 g/mol. The second kappa shape index (κ2) is 6.04. The van der Waals surface area contributed by atoms with E-state index in [0.717, 1.165) is 6.29 Å². The van der Waals surface area contributed by atoms with E-state index in [4.69, 9.17) is 9.84 Å². The van der Waals surface area contributed by atoms with Gasteiger partial charge in [0.15, 0.2) is 0 Å². The summed E-state index contributed by atoms with van der Waals surface area (Å²) in [5.41, 5.74) is 0.585. The molecule has 0 aliphatic rings. The summed E-state index contributed by atoms with van der Waals surface area (Å²) in [5, 5.41) is 8.52. The summed E-state index contributed by atoms with van der Waals surface area (Å²) in [7, 11) is 0. The SMILES string of the molecule is O=CCc1cncc(OCCCO)n1. The van der Waals surface area contributed by atoms with Crippen LogP contribution in [0.15, 0.2) is 12.4 Å². The Morgan fingerprint density at radius 1 is 1.50 bits per heavy atom. The number of hydrogen-bond donors (Lipinski definition) is 1. The van der Waals surface area contributed by atoms with E-state index in [1.807, 2.05) is 0 Å². The predicted molar refractivity (Wildman–Crippen MR) is 49.0 cm³/mol. The number of aliphatic hydroxyl groups is 1. The Labute approximate surface area is 81.8 Å². The van der Waals surface area contributed by atoms with Gasteiger partial charge in [0.05, 0.1) is 18.5 Å². The molecule has 0 aliphatic heterocycles. The topological polar surface area (TPSA) is 72.3 Å². The molecule has 0 saturated carbocycles. The molecule has 1 aromatic rings. The maximum absolute atomic E-state index is 10.2. The average Bonchev–Trinajstić information content (AvgIpc) is 2.19. The van der Waals surface area contributed by atoms with Crippen molar-refractivity contribution < 1.29 is 14.6 Å². The molecule has 0 saturated heterocycles. The van der Waals surface area contributed by atoms with Crippen molar-refractivity contribution in [2.75, 3.05) is 13.2 Å². The molecule has 0 bridgehead atoms. The van der Waals surface area contributed by atoms with E-state index in [1.165, 1.54) is 12.4 Å². The monoisotopic (exact) mass is 196 g/mol. The predicted octanol–water partition coefficient (Wildman–Crippen LogP) is -0.0208. The highest BCUT2D eigenvalue weighted by Crippen LogP contribution is 2.05. The number of carbonyl (C=O) groups excluding carboxylic acids is 1. The number of nitrogens with zero attached hydrogens (tertiary/aromatic N) is 2. The van der Waals surface area contributed by atoms with Crippen LogP contribution in [0.1, 0.15) is 12.1 Å². The molecule has 1 aromatic heterocycles. The quantitative estimate of drug-likeness (QED) is 0.511. The Bertz CT molecular complexity index is 291. The van der Waals surface area contributed by atoms with Gasteiger partial charge in [-0.3, -0.25) is 4.98 Å². The largest absolute Gasteiger partial charge is 0.476 e. The summed E-state index contributed by atoms with van der Waals surface area (Å²) < 4.78 is 5.18. The summed E-state index contributed by atoms with van der Waals surface area (Å²) in [6, 6.07) is 0. The van der Waals surface area contributed by atoms with Gasteiger partial charge in [-0.25, -0.2) is 4.98 Å². The molecule has 0 fully saturated rings. The van der Waals surface area contributed by atoms with Crippen molar-refractivity contribution in [3.63, 3.8) is 0 Å². The van der Waals surface area contributed by atoms with Gasteiger partial charge >= 0.3 is 0 Å². The first-order chi connectivity index (χ1) is 6.86. The molecule has 0 atom stereocenters. The normalized spacial score (nSPS) is 9.79. The highest BCUT2D eigenvalue weighted by atomic mass is 16.5. The van der Waals surface area contributed by atoms with Crippen LogP contribution in [0.2, 0.25) is 0 Å². The number of aliphatic hydroxyl groups excluding tert-OH is 1. The van der Waals surface area contributed by atoms with Gasteiger partial charge in [-0.15, -0.1) is 0 Å². The third kappa shape index (κ3) is 3.49. The van der Waals surface area contributed by atoms with E-state index >= 15 is 0 Å². The van der Waals surface area contributed by atoms with Crippen molar-refractivity contribution in [3.8, 4) is 5.88 Å². The minimum atomic E-state index is 0.0848. The number of rotatable bonds is 6. The number of hydrogen-bond acceptors (Lipinski definition) is 5. The Hall–Kier alpha value is -1.49. The summed E-state index contributed by atoms with van der Waals surface area (Å²) in [6.07, 6.45) is 4.56. The molecule has 14 heavy (non-hydrogen) atoms. The molecule has 0 aromatic carbocycles. The van der Waals surface area contributed by atoms with Gasteiger partial charge < -0.3 is 14.6 Å². The molecule has 76 valence electrons. The zero-order valence-corrected chi connectivity index (χ0v) is 7.72. The van der Waals surface area contributed by atoms with Gasteiger partial charge in [0.2, 0.25) is 5.88 Å². The zero-order chi connectivity index (χ0) is 10.2. The third-order valence-electron chi connectivity index (χ3n) is 1.51. The lowest BCUT2D eigenvalue weighted by molar-refractivity contribution is -0.107. The second-order valence-corrected chi connectivity index (χ2v) is 2.65. The molecule has 0 radical (unpaired) electrons. The molecule has 5 nitrogen and oxygen atoms in total. The lowest BCUT2D eigenvalue weighted by atomic mass is 10.3. The molecule has 0 amide bonds. The van der Waals surface area contributed by atoms with E-state index < -0.39 is 0 Å². The van der Waals surface area contributed by atoms with Crippen LogP contribution < -0.4 is 4.74 Å². The van der Waals surface area contributed by atoms with Gasteiger partial charge in [0, 0.05) is 25.6 Å². The first kappa shape index (κ1) is 10.6. The zero-order valence-electron chi connectivity index (χ0n) is 7.72. The van der Waals surface area contributed by atoms with Crippen molar-refractivity contribution in [3.05, 3.63) is 18.1 Å². The molecule has 0 aliphatic carbocycles. The highest BCUT2D eigenvalue weighted by molar-refractivity contribution is 5.53. The van der Waals surface area contributed by atoms with E-state index in [2.05, 4.69) is 9.97 Å². The van der Waals surface area contributed by atoms with E-state index in [-0.39, 0.29) is 13.0 Å². The Morgan fingerprint density at radius 2 is 2.36 bits per heavy atom. The van der Waals surface area contributed by atoms with Crippen LogP contribution in [0.5, 0.6) is 5.88 Å². The summed E-state index contributed by atoms with van der Waals surface area (Å²) in [6.45, 7) is 0.483. The molecule has 5 heteroatoms. The number of carbonyl (C=O) groups is 1. The van der Waals surface area contributed by atoms with Crippen molar-refractivity contribution >= 4 is 6.29 Å². The lowest BCUT2D eigenvalue weighted by Crippen LogP contribution is -2.03. The lowest BCUT2D eigenvalue weighted by Gasteiger charge is -2.03. The molecule has 1 N–H and O–H groups in total. The first-order valence-corrected chi connectivity index (χ1v) is 4.35. The molecule has 0 spiro atoms. The molecular weight excluding hydrogens is 184 g/mol. The summed E-state index contributed by atoms with van der Waals surface area (Å²) in [4.78, 5) is 18.1. The van der Waals surface area contributed by atoms with Crippen molar-refractivity contribution in [2.24, 2.45) is 0 Å². The Kier molecular flexibility index (Phi) is 4.57. The Balaban J connectivity index is 2.50. The minimum Gasteiger partial charge on any atom is -0.476 e. The third-order valence-corrected chi connectivity index (χ3v) is 1.51. The smallest absolute Gasteiger partial charge is 0.232 e. The van der Waals surface area contributed by atoms with Gasteiger partial charge in [0.25, 0.3) is 0 Å². The molecule has 1 rings (SSSR count).